The minimum absolute atomic E-state index is 0.0287. The van der Waals surface area contributed by atoms with Crippen molar-refractivity contribution in [3.8, 4) is 0 Å². The Labute approximate surface area is 118 Å². The Hall–Kier alpha value is -2.11. The fourth-order valence-electron chi connectivity index (χ4n) is 1.66. The van der Waals surface area contributed by atoms with E-state index < -0.39 is 18.0 Å². The Bertz CT molecular complexity index is 459. The third-order valence-corrected chi connectivity index (χ3v) is 3.06. The van der Waals surface area contributed by atoms with E-state index in [-0.39, 0.29) is 5.92 Å². The second kappa shape index (κ2) is 7.47. The van der Waals surface area contributed by atoms with Crippen LogP contribution in [0.15, 0.2) is 18.3 Å². The van der Waals surface area contributed by atoms with Gasteiger partial charge in [-0.3, -0.25) is 0 Å². The number of aliphatic carboxylic acids is 1. The normalized spacial score (nSPS) is 13.3. The van der Waals surface area contributed by atoms with Crippen molar-refractivity contribution in [2.45, 2.75) is 33.2 Å². The molecule has 6 heteroatoms. The second-order valence-corrected chi connectivity index (χ2v) is 4.50. The summed E-state index contributed by atoms with van der Waals surface area (Å²) in [6, 6.07) is 2.42. The molecule has 0 saturated carbocycles. The summed E-state index contributed by atoms with van der Waals surface area (Å²) in [5, 5.41) is 12.0. The van der Waals surface area contributed by atoms with Crippen molar-refractivity contribution in [2.24, 2.45) is 5.92 Å². The Balaban J connectivity index is 2.77. The third-order valence-electron chi connectivity index (χ3n) is 3.06. The number of aromatic nitrogens is 1. The Morgan fingerprint density at radius 2 is 2.10 bits per heavy atom. The van der Waals surface area contributed by atoms with Crippen molar-refractivity contribution in [2.75, 3.05) is 11.9 Å². The number of hydrogen-bond acceptors (Lipinski definition) is 5. The number of nitrogens with zero attached hydrogens (tertiary/aromatic N) is 1. The molecule has 0 aliphatic heterocycles. The number of carboxylic acids is 1. The monoisotopic (exact) mass is 280 g/mol. The molecule has 0 aliphatic carbocycles. The summed E-state index contributed by atoms with van der Waals surface area (Å²) in [5.74, 6) is -0.969. The van der Waals surface area contributed by atoms with Crippen molar-refractivity contribution in [3.63, 3.8) is 0 Å². The predicted octanol–water partition coefficient (Wildman–Crippen LogP) is 2.17. The number of nitrogens with one attached hydrogen (secondary N) is 1. The van der Waals surface area contributed by atoms with Crippen molar-refractivity contribution >= 4 is 17.8 Å². The molecule has 20 heavy (non-hydrogen) atoms. The lowest BCUT2D eigenvalue weighted by atomic mass is 9.99. The number of ether oxygens (including phenoxy) is 1. The molecule has 1 aromatic heterocycles. The van der Waals surface area contributed by atoms with Gasteiger partial charge in [-0.1, -0.05) is 20.3 Å². The van der Waals surface area contributed by atoms with Gasteiger partial charge >= 0.3 is 11.9 Å². The van der Waals surface area contributed by atoms with E-state index in [1.807, 2.05) is 13.8 Å². The van der Waals surface area contributed by atoms with Crippen LogP contribution in [0.2, 0.25) is 0 Å². The van der Waals surface area contributed by atoms with Gasteiger partial charge in [0.25, 0.3) is 0 Å². The van der Waals surface area contributed by atoms with Gasteiger partial charge in [0.2, 0.25) is 0 Å². The zero-order valence-corrected chi connectivity index (χ0v) is 11.9. The molecule has 0 amide bonds. The molecule has 0 aromatic carbocycles. The van der Waals surface area contributed by atoms with Gasteiger partial charge in [0.05, 0.1) is 12.2 Å². The highest BCUT2D eigenvalue weighted by molar-refractivity contribution is 5.89. The van der Waals surface area contributed by atoms with Crippen LogP contribution in [0.1, 0.15) is 37.6 Å². The van der Waals surface area contributed by atoms with Gasteiger partial charge in [-0.05, 0) is 25.0 Å². The van der Waals surface area contributed by atoms with Crippen LogP contribution >= 0.6 is 0 Å². The summed E-state index contributed by atoms with van der Waals surface area (Å²) >= 11 is 0. The molecule has 0 unspecified atom stereocenters. The maximum absolute atomic E-state index is 11.5. The van der Waals surface area contributed by atoms with Crippen LogP contribution in [-0.4, -0.2) is 34.7 Å². The average molecular weight is 280 g/mol. The lowest BCUT2D eigenvalue weighted by Crippen LogP contribution is -2.35. The minimum atomic E-state index is -0.921. The Morgan fingerprint density at radius 1 is 1.40 bits per heavy atom. The Kier molecular flexibility index (Phi) is 5.96. The molecule has 0 radical (unpaired) electrons. The van der Waals surface area contributed by atoms with E-state index in [4.69, 9.17) is 4.74 Å². The molecule has 2 N–H and O–H groups in total. The summed E-state index contributed by atoms with van der Waals surface area (Å²) in [6.07, 6.45) is 2.11. The van der Waals surface area contributed by atoms with Crippen molar-refractivity contribution in [1.29, 1.82) is 0 Å². The summed E-state index contributed by atoms with van der Waals surface area (Å²) in [4.78, 5) is 26.7. The first-order valence-corrected chi connectivity index (χ1v) is 6.62. The molecule has 0 fully saturated rings. The summed E-state index contributed by atoms with van der Waals surface area (Å²) in [5.41, 5.74) is 0.341. The molecule has 0 aliphatic rings. The maximum atomic E-state index is 11.5. The highest BCUT2D eigenvalue weighted by Gasteiger charge is 2.23. The van der Waals surface area contributed by atoms with Crippen LogP contribution in [0.4, 0.5) is 5.82 Å². The Morgan fingerprint density at radius 3 is 2.55 bits per heavy atom. The van der Waals surface area contributed by atoms with Gasteiger partial charge in [0, 0.05) is 6.20 Å². The predicted molar refractivity (Wildman–Crippen MR) is 74.7 cm³/mol. The lowest BCUT2D eigenvalue weighted by Gasteiger charge is -2.20. The van der Waals surface area contributed by atoms with Gasteiger partial charge in [-0.25, -0.2) is 14.6 Å². The van der Waals surface area contributed by atoms with Gasteiger partial charge < -0.3 is 15.2 Å². The quantitative estimate of drug-likeness (QED) is 0.744. The number of pyridine rings is 1. The van der Waals surface area contributed by atoms with Crippen LogP contribution in [-0.2, 0) is 9.53 Å². The van der Waals surface area contributed by atoms with Gasteiger partial charge in [-0.15, -0.1) is 0 Å². The summed E-state index contributed by atoms with van der Waals surface area (Å²) in [7, 11) is 0. The molecule has 2 atom stereocenters. The second-order valence-electron chi connectivity index (χ2n) is 4.50. The highest BCUT2D eigenvalue weighted by atomic mass is 16.5. The summed E-state index contributed by atoms with van der Waals surface area (Å²) in [6.45, 7) is 5.82. The molecule has 6 nitrogen and oxygen atoms in total. The van der Waals surface area contributed by atoms with E-state index in [0.29, 0.717) is 18.0 Å². The topological polar surface area (TPSA) is 88.5 Å². The molecule has 1 heterocycles. The highest BCUT2D eigenvalue weighted by Crippen LogP contribution is 2.14. The number of anilines is 1. The number of carbonyl (C=O) groups is 2. The van der Waals surface area contributed by atoms with E-state index in [9.17, 15) is 14.7 Å². The molecular formula is C14H20N2O4. The smallest absolute Gasteiger partial charge is 0.339 e. The number of rotatable bonds is 7. The molecular weight excluding hydrogens is 260 g/mol. The van der Waals surface area contributed by atoms with Gasteiger partial charge in [0.15, 0.2) is 0 Å². The van der Waals surface area contributed by atoms with E-state index in [1.54, 1.807) is 19.1 Å². The summed E-state index contributed by atoms with van der Waals surface area (Å²) < 4.78 is 4.85. The fourth-order valence-corrected chi connectivity index (χ4v) is 1.66. The first-order valence-electron chi connectivity index (χ1n) is 6.62. The first-order chi connectivity index (χ1) is 9.49. The van der Waals surface area contributed by atoms with Crippen molar-refractivity contribution in [1.82, 2.24) is 4.98 Å². The molecule has 110 valence electrons. The molecule has 0 saturated heterocycles. The fraction of sp³-hybridized carbons (Fsp3) is 0.500. The van der Waals surface area contributed by atoms with E-state index in [2.05, 4.69) is 10.3 Å². The van der Waals surface area contributed by atoms with Crippen LogP contribution in [0.25, 0.3) is 0 Å². The maximum Gasteiger partial charge on any atom is 0.339 e. The van der Waals surface area contributed by atoms with E-state index >= 15 is 0 Å². The molecule has 0 spiro atoms. The average Bonchev–Trinajstić information content (AvgIpc) is 2.44. The minimum Gasteiger partial charge on any atom is -0.480 e. The molecule has 1 aromatic rings. The SMILES string of the molecule is CCOC(=O)c1ccc(N[C@H](C(=O)O)[C@@H](C)CC)nc1. The van der Waals surface area contributed by atoms with E-state index in [1.165, 1.54) is 6.20 Å². The van der Waals surface area contributed by atoms with Crippen LogP contribution in [0.5, 0.6) is 0 Å². The van der Waals surface area contributed by atoms with Crippen LogP contribution < -0.4 is 5.32 Å². The zero-order chi connectivity index (χ0) is 15.1. The number of carbonyl (C=O) groups excluding carboxylic acids is 1. The third kappa shape index (κ3) is 4.22. The zero-order valence-electron chi connectivity index (χ0n) is 11.9. The van der Waals surface area contributed by atoms with Gasteiger partial charge in [-0.2, -0.15) is 0 Å². The van der Waals surface area contributed by atoms with E-state index in [0.717, 1.165) is 6.42 Å². The van der Waals surface area contributed by atoms with Gasteiger partial charge in [0.1, 0.15) is 11.9 Å². The lowest BCUT2D eigenvalue weighted by molar-refractivity contribution is -0.139. The van der Waals surface area contributed by atoms with Crippen LogP contribution in [0, 0.1) is 5.92 Å². The standard InChI is InChI=1S/C14H20N2O4/c1-4-9(3)12(13(17)18)16-11-7-6-10(8-15-11)14(19)20-5-2/h6-9,12H,4-5H2,1-3H3,(H,15,16)(H,17,18)/t9-,12-/m0/s1. The molecule has 0 bridgehead atoms. The van der Waals surface area contributed by atoms with Crippen LogP contribution in [0.3, 0.4) is 0 Å². The number of hydrogen-bond donors (Lipinski definition) is 2. The number of carboxylic acid groups (broad SMARTS) is 1. The number of esters is 1. The largest absolute Gasteiger partial charge is 0.480 e. The van der Waals surface area contributed by atoms with Crippen molar-refractivity contribution in [3.05, 3.63) is 23.9 Å². The molecule has 1 rings (SSSR count). The van der Waals surface area contributed by atoms with Crippen molar-refractivity contribution < 1.29 is 19.4 Å². The first kappa shape index (κ1) is 15.9.